The number of ether oxygens (including phenoxy) is 3. The Labute approximate surface area is 319 Å². The van der Waals surface area contributed by atoms with E-state index in [9.17, 15) is 22.8 Å². The van der Waals surface area contributed by atoms with Crippen LogP contribution in [0.25, 0.3) is 0 Å². The number of allylic oxidation sites excluding steroid dienone is 1. The summed E-state index contributed by atoms with van der Waals surface area (Å²) in [5.41, 5.74) is 1.02. The largest absolute Gasteiger partial charge is 0.490 e. The van der Waals surface area contributed by atoms with Crippen LogP contribution in [-0.4, -0.2) is 70.8 Å². The maximum atomic E-state index is 13.9. The number of nitrogens with one attached hydrogen (secondary N) is 1. The van der Waals surface area contributed by atoms with Crippen molar-refractivity contribution in [2.45, 2.75) is 95.3 Å². The molecule has 2 heterocycles. The van der Waals surface area contributed by atoms with Crippen molar-refractivity contribution in [2.24, 2.45) is 23.2 Å². The number of hydrogen-bond donors (Lipinski definition) is 1. The number of methoxy groups -OCH3 is 2. The molecule has 2 bridgehead atoms. The summed E-state index contributed by atoms with van der Waals surface area (Å²) in [5, 5.41) is -0.191. The predicted molar refractivity (Wildman–Crippen MR) is 205 cm³/mol. The van der Waals surface area contributed by atoms with Gasteiger partial charge in [-0.05, 0) is 119 Å². The van der Waals surface area contributed by atoms with Crippen molar-refractivity contribution in [1.82, 2.24) is 4.72 Å². The Kier molecular flexibility index (Phi) is 11.1. The summed E-state index contributed by atoms with van der Waals surface area (Å²) in [6.45, 7) is 8.49. The van der Waals surface area contributed by atoms with Crippen molar-refractivity contribution >= 4 is 45.0 Å². The summed E-state index contributed by atoms with van der Waals surface area (Å²) in [6.07, 6.45) is 8.83. The number of rotatable bonds is 6. The molecule has 0 aromatic heterocycles. The number of benzene rings is 2. The molecule has 4 aliphatic rings. The van der Waals surface area contributed by atoms with Crippen LogP contribution in [0, 0.1) is 23.2 Å². The molecular weight excluding hydrogens is 716 g/mol. The van der Waals surface area contributed by atoms with Gasteiger partial charge in [-0.3, -0.25) is 14.4 Å². The number of hydrogen-bond acceptors (Lipinski definition) is 9. The molecule has 288 valence electrons. The number of carbonyl (C=O) groups excluding carboxylic acids is 3. The van der Waals surface area contributed by atoms with E-state index in [-0.39, 0.29) is 47.4 Å². The van der Waals surface area contributed by atoms with Gasteiger partial charge in [0, 0.05) is 49.0 Å². The molecule has 0 unspecified atom stereocenters. The lowest BCUT2D eigenvalue weighted by atomic mass is 9.62. The van der Waals surface area contributed by atoms with Gasteiger partial charge in [0.1, 0.15) is 11.5 Å². The van der Waals surface area contributed by atoms with Gasteiger partial charge in [-0.25, -0.2) is 13.1 Å². The average Bonchev–Trinajstić information content (AvgIpc) is 3.24. The zero-order valence-electron chi connectivity index (χ0n) is 31.7. The number of carbonyl (C=O) groups is 3. The van der Waals surface area contributed by atoms with E-state index in [4.69, 9.17) is 25.8 Å². The molecule has 53 heavy (non-hydrogen) atoms. The second kappa shape index (κ2) is 15.0. The van der Waals surface area contributed by atoms with E-state index < -0.39 is 38.2 Å². The van der Waals surface area contributed by atoms with Gasteiger partial charge in [0.25, 0.3) is 5.91 Å². The van der Waals surface area contributed by atoms with Crippen molar-refractivity contribution in [2.75, 3.05) is 38.8 Å². The van der Waals surface area contributed by atoms with Crippen LogP contribution in [-0.2, 0) is 40.9 Å². The van der Waals surface area contributed by atoms with Crippen molar-refractivity contribution in [3.8, 4) is 5.75 Å². The van der Waals surface area contributed by atoms with E-state index in [1.807, 2.05) is 25.1 Å². The quantitative estimate of drug-likeness (QED) is 0.249. The number of esters is 1. The molecule has 6 rings (SSSR count). The highest BCUT2D eigenvalue weighted by Gasteiger charge is 2.50. The molecule has 10 nitrogen and oxygen atoms in total. The third kappa shape index (κ3) is 7.76. The van der Waals surface area contributed by atoms with Crippen LogP contribution in [0.2, 0.25) is 5.02 Å². The lowest BCUT2D eigenvalue weighted by Crippen LogP contribution is -2.54. The molecule has 12 heteroatoms. The summed E-state index contributed by atoms with van der Waals surface area (Å²) in [4.78, 5) is 42.3. The van der Waals surface area contributed by atoms with Crippen LogP contribution in [0.1, 0.15) is 94.1 Å². The van der Waals surface area contributed by atoms with Gasteiger partial charge >= 0.3 is 5.97 Å². The van der Waals surface area contributed by atoms with Gasteiger partial charge in [-0.1, -0.05) is 36.7 Å². The van der Waals surface area contributed by atoms with Crippen LogP contribution < -0.4 is 14.4 Å². The smallest absolute Gasteiger partial charge is 0.311 e. The second-order valence-electron chi connectivity index (χ2n) is 16.5. The molecule has 1 spiro atoms. The highest BCUT2D eigenvalue weighted by molar-refractivity contribution is 7.90. The van der Waals surface area contributed by atoms with Crippen molar-refractivity contribution in [3.63, 3.8) is 0 Å². The number of sulfonamides is 1. The zero-order valence-corrected chi connectivity index (χ0v) is 33.3. The van der Waals surface area contributed by atoms with Crippen molar-refractivity contribution in [1.29, 1.82) is 0 Å². The fourth-order valence-corrected chi connectivity index (χ4v) is 10.5. The Bertz CT molecular complexity index is 1900. The van der Waals surface area contributed by atoms with Gasteiger partial charge in [-0.15, -0.1) is 0 Å². The minimum atomic E-state index is -4.05. The molecule has 1 N–H and O–H groups in total. The summed E-state index contributed by atoms with van der Waals surface area (Å²) < 4.78 is 47.4. The predicted octanol–water partition coefficient (Wildman–Crippen LogP) is 6.82. The Morgan fingerprint density at radius 1 is 1.11 bits per heavy atom. The van der Waals surface area contributed by atoms with Gasteiger partial charge in [0.15, 0.2) is 0 Å². The molecule has 1 fully saturated rings. The highest BCUT2D eigenvalue weighted by atomic mass is 35.5. The second-order valence-corrected chi connectivity index (χ2v) is 18.9. The Hall–Kier alpha value is -3.41. The molecule has 6 atom stereocenters. The van der Waals surface area contributed by atoms with E-state index in [0.29, 0.717) is 36.9 Å². The third-order valence-corrected chi connectivity index (χ3v) is 14.6. The van der Waals surface area contributed by atoms with Crippen molar-refractivity contribution in [3.05, 3.63) is 70.3 Å². The monoisotopic (exact) mass is 768 g/mol. The number of nitrogens with zero attached hydrogens (tertiary/aromatic N) is 1. The van der Waals surface area contributed by atoms with Gasteiger partial charge in [0.05, 0.1) is 35.7 Å². The Morgan fingerprint density at radius 3 is 2.58 bits per heavy atom. The number of halogens is 1. The summed E-state index contributed by atoms with van der Waals surface area (Å²) in [7, 11) is -1.10. The summed E-state index contributed by atoms with van der Waals surface area (Å²) >= 11 is 6.46. The Morgan fingerprint density at radius 2 is 1.89 bits per heavy atom. The first kappa shape index (κ1) is 39.3. The first-order valence-electron chi connectivity index (χ1n) is 18.7. The van der Waals surface area contributed by atoms with Crippen LogP contribution in [0.15, 0.2) is 48.6 Å². The number of anilines is 1. The summed E-state index contributed by atoms with van der Waals surface area (Å²) in [5.74, 6) is -0.923. The van der Waals surface area contributed by atoms with Crippen molar-refractivity contribution < 1.29 is 37.0 Å². The normalized spacial score (nSPS) is 30.4. The van der Waals surface area contributed by atoms with E-state index in [2.05, 4.69) is 21.8 Å². The van der Waals surface area contributed by atoms with Crippen LogP contribution in [0.3, 0.4) is 0 Å². The fraction of sp³-hybridized carbons (Fsp3) is 0.585. The lowest BCUT2D eigenvalue weighted by molar-refractivity contribution is -0.154. The third-order valence-electron chi connectivity index (χ3n) is 12.5. The standard InChI is InChI=1S/C41H53ClN2O8S/c1-26-9-7-18-41(51-6,22-32(45)21-39(3,4)38(47)50-5)34-14-11-30(34)23-44-24-40(17-8-10-28-19-31(42)13-15-33(28)40)25-52-36-16-12-29(20-35(36)44)37(46)43-53(48,49)27(26)2/h7,12-13,15-16,18-20,26-27,30,34H,8-11,14,17,21-25H2,1-6H3,(H,43,46)/b18-7+/t26-,27+,30-,34+,40-,41+/m0/s1. The van der Waals surface area contributed by atoms with E-state index in [1.165, 1.54) is 18.2 Å². The van der Waals surface area contributed by atoms with Gasteiger partial charge in [-0.2, -0.15) is 0 Å². The zero-order chi connectivity index (χ0) is 38.3. The van der Waals surface area contributed by atoms with Gasteiger partial charge < -0.3 is 19.1 Å². The lowest BCUT2D eigenvalue weighted by Gasteiger charge is -2.50. The minimum Gasteiger partial charge on any atom is -0.490 e. The molecule has 1 saturated carbocycles. The molecule has 0 saturated heterocycles. The SMILES string of the molecule is COC(=O)C(C)(C)CC(=O)C[C@]1(OC)/C=C/C[C@H](C)[C@@H](C)S(=O)(=O)NC(=O)c2ccc3c(c2)N(C[C@@H]2CC[C@H]21)C[C@@]1(CCCc2cc(Cl)ccc21)CO3. The average molecular weight is 769 g/mol. The maximum Gasteiger partial charge on any atom is 0.311 e. The summed E-state index contributed by atoms with van der Waals surface area (Å²) in [6, 6.07) is 11.2. The molecule has 2 aliphatic heterocycles. The van der Waals surface area contributed by atoms with Crippen LogP contribution in [0.5, 0.6) is 5.75 Å². The minimum absolute atomic E-state index is 0.00699. The first-order valence-corrected chi connectivity index (χ1v) is 20.7. The first-order chi connectivity index (χ1) is 25.0. The molecule has 2 aromatic rings. The van der Waals surface area contributed by atoms with E-state index >= 15 is 0 Å². The number of aryl methyl sites for hydroxylation is 1. The fourth-order valence-electron chi connectivity index (χ4n) is 9.05. The molecule has 2 aromatic carbocycles. The number of fused-ring (bicyclic) bond motifs is 4. The molecule has 2 aliphatic carbocycles. The maximum absolute atomic E-state index is 13.9. The Balaban J connectivity index is 1.44. The van der Waals surface area contributed by atoms with Gasteiger partial charge in [0.2, 0.25) is 10.0 Å². The van der Waals surface area contributed by atoms with Crippen LogP contribution in [0.4, 0.5) is 5.69 Å². The molecular formula is C41H53ClN2O8S. The topological polar surface area (TPSA) is 128 Å². The number of amides is 1. The number of Topliss-reactive ketones (excluding diaryl/α,β-unsaturated/α-hetero) is 1. The highest BCUT2D eigenvalue weighted by Crippen LogP contribution is 2.50. The van der Waals surface area contributed by atoms with Crippen LogP contribution >= 0.6 is 11.6 Å². The van der Waals surface area contributed by atoms with E-state index in [1.54, 1.807) is 46.1 Å². The number of ketones is 1. The molecule has 0 radical (unpaired) electrons. The molecule has 1 amide bonds. The van der Waals surface area contributed by atoms with E-state index in [0.717, 1.165) is 37.8 Å².